The molecule has 2 amide bonds. The van der Waals surface area contributed by atoms with Crippen molar-refractivity contribution in [1.82, 2.24) is 20.2 Å². The number of nitrogens with two attached hydrogens (primary N) is 1. The van der Waals surface area contributed by atoms with E-state index in [1.807, 2.05) is 10.6 Å². The molecule has 0 bridgehead atoms. The highest BCUT2D eigenvalue weighted by molar-refractivity contribution is 6.30. The van der Waals surface area contributed by atoms with Crippen molar-refractivity contribution in [3.05, 3.63) is 112 Å². The number of alkyl halides is 2. The Morgan fingerprint density at radius 2 is 1.84 bits per heavy atom. The van der Waals surface area contributed by atoms with Crippen LogP contribution in [0.1, 0.15) is 45.2 Å². The summed E-state index contributed by atoms with van der Waals surface area (Å²) < 4.78 is 37.2. The van der Waals surface area contributed by atoms with Crippen LogP contribution in [0.15, 0.2) is 79.3 Å². The Morgan fingerprint density at radius 1 is 1.09 bits per heavy atom. The Balaban J connectivity index is 1.25. The van der Waals surface area contributed by atoms with Gasteiger partial charge in [0.2, 0.25) is 5.91 Å². The van der Waals surface area contributed by atoms with Crippen LogP contribution in [0.2, 0.25) is 5.02 Å². The summed E-state index contributed by atoms with van der Waals surface area (Å²) >= 11 is 5.96. The third-order valence-electron chi connectivity index (χ3n) is 7.15. The summed E-state index contributed by atoms with van der Waals surface area (Å²) in [6.07, 6.45) is 4.37. The zero-order valence-electron chi connectivity index (χ0n) is 23.0. The summed E-state index contributed by atoms with van der Waals surface area (Å²) in [4.78, 5) is 29.8. The van der Waals surface area contributed by atoms with Crippen LogP contribution in [0.25, 0.3) is 0 Å². The summed E-state index contributed by atoms with van der Waals surface area (Å²) in [7, 11) is 0. The molecule has 1 aromatic heterocycles. The minimum atomic E-state index is -2.87. The Bertz CT molecular complexity index is 1560. The number of rotatable bonds is 12. The number of primary amides is 1. The number of carbonyl (C=O) groups excluding carboxylic acids is 2. The van der Waals surface area contributed by atoms with E-state index in [0.29, 0.717) is 42.5 Å². The van der Waals surface area contributed by atoms with Gasteiger partial charge in [0.1, 0.15) is 17.5 Å². The van der Waals surface area contributed by atoms with E-state index < -0.39 is 24.5 Å². The van der Waals surface area contributed by atoms with Crippen LogP contribution in [0, 0.1) is 0 Å². The van der Waals surface area contributed by atoms with Crippen LogP contribution in [-0.4, -0.2) is 40.6 Å². The van der Waals surface area contributed by atoms with Gasteiger partial charge in [-0.15, -0.1) is 0 Å². The van der Waals surface area contributed by atoms with E-state index in [2.05, 4.69) is 20.4 Å². The van der Waals surface area contributed by atoms with Gasteiger partial charge in [-0.3, -0.25) is 9.59 Å². The van der Waals surface area contributed by atoms with E-state index in [1.54, 1.807) is 61.1 Å². The third kappa shape index (κ3) is 7.68. The summed E-state index contributed by atoms with van der Waals surface area (Å²) in [5.41, 5.74) is 9.38. The summed E-state index contributed by atoms with van der Waals surface area (Å²) in [6.45, 7) is -1.49. The van der Waals surface area contributed by atoms with E-state index in [4.69, 9.17) is 22.1 Å². The van der Waals surface area contributed by atoms with Crippen molar-refractivity contribution in [2.24, 2.45) is 5.73 Å². The predicted octanol–water partition coefficient (Wildman–Crippen LogP) is 4.63. The average Bonchev–Trinajstić information content (AvgIpc) is 3.43. The molecule has 3 aromatic carbocycles. The van der Waals surface area contributed by atoms with Crippen molar-refractivity contribution in [2.45, 2.75) is 44.6 Å². The van der Waals surface area contributed by atoms with Crippen molar-refractivity contribution >= 4 is 23.4 Å². The van der Waals surface area contributed by atoms with E-state index in [0.717, 1.165) is 22.4 Å². The van der Waals surface area contributed by atoms with Crippen LogP contribution >= 0.6 is 11.6 Å². The summed E-state index contributed by atoms with van der Waals surface area (Å²) in [6, 6.07) is 17.8. The van der Waals surface area contributed by atoms with Gasteiger partial charge in [0, 0.05) is 48.8 Å². The number of benzene rings is 3. The number of fused-ring (bicyclic) bond motifs is 1. The number of nitrogens with one attached hydrogen (secondary N) is 2. The van der Waals surface area contributed by atoms with E-state index >= 15 is 0 Å². The molecule has 2 atom stereocenters. The second-order valence-corrected chi connectivity index (χ2v) is 10.5. The molecule has 0 saturated carbocycles. The molecule has 0 spiro atoms. The second-order valence-electron chi connectivity index (χ2n) is 10.1. The van der Waals surface area contributed by atoms with Gasteiger partial charge in [-0.2, -0.15) is 8.78 Å². The first-order chi connectivity index (χ1) is 20.8. The first kappa shape index (κ1) is 30.0. The first-order valence-electron chi connectivity index (χ1n) is 13.6. The number of amides is 2. The fraction of sp³-hybridized carbons (Fsp3) is 0.258. The average molecular weight is 610 g/mol. The number of aromatic nitrogens is 2. The number of hydrogen-bond acceptors (Lipinski definition) is 6. The lowest BCUT2D eigenvalue weighted by Crippen LogP contribution is -2.46. The van der Waals surface area contributed by atoms with Crippen molar-refractivity contribution in [2.75, 3.05) is 6.61 Å². The highest BCUT2D eigenvalue weighted by Crippen LogP contribution is 2.35. The minimum Gasteiger partial charge on any atom is -0.492 e. The second kappa shape index (κ2) is 13.7. The lowest BCUT2D eigenvalue weighted by Gasteiger charge is -2.28. The Labute approximate surface area is 252 Å². The summed E-state index contributed by atoms with van der Waals surface area (Å²) in [5.74, 6) is -0.553. The molecule has 0 aliphatic carbocycles. The van der Waals surface area contributed by atoms with E-state index in [9.17, 15) is 18.4 Å². The zero-order valence-corrected chi connectivity index (χ0v) is 23.8. The van der Waals surface area contributed by atoms with E-state index in [1.165, 1.54) is 12.1 Å². The molecular formula is C31H30ClF2N5O4. The van der Waals surface area contributed by atoms with Gasteiger partial charge < -0.3 is 30.4 Å². The van der Waals surface area contributed by atoms with Gasteiger partial charge in [0.25, 0.3) is 5.91 Å². The number of hydrogen-bond donors (Lipinski definition) is 3. The SMILES string of the molecule is NC(=O)C(Cc1ccc(Cl)cc1)NC(=O)c1cccc2c1OCCC2NCc1cncn1Cc1ccc(OC(F)F)cc1. The highest BCUT2D eigenvalue weighted by atomic mass is 35.5. The normalized spacial score (nSPS) is 14.9. The molecule has 0 fully saturated rings. The molecule has 0 radical (unpaired) electrons. The van der Waals surface area contributed by atoms with Crippen molar-refractivity contribution in [3.8, 4) is 11.5 Å². The van der Waals surface area contributed by atoms with Crippen molar-refractivity contribution in [3.63, 3.8) is 0 Å². The summed E-state index contributed by atoms with van der Waals surface area (Å²) in [5, 5.41) is 6.86. The molecule has 224 valence electrons. The van der Waals surface area contributed by atoms with Crippen LogP contribution < -0.4 is 25.8 Å². The minimum absolute atomic E-state index is 0.101. The molecule has 0 saturated heterocycles. The van der Waals surface area contributed by atoms with Crippen molar-refractivity contribution < 1.29 is 27.8 Å². The highest BCUT2D eigenvalue weighted by Gasteiger charge is 2.28. The standard InChI is InChI=1S/C31H30ClF2N5O4/c32-21-8-4-19(5-9-21)14-27(29(35)40)38-30(41)25-3-1-2-24-26(12-13-42-28(24)25)37-16-22-15-36-18-39(22)17-20-6-10-23(11-7-20)43-31(33)34/h1-11,15,18,26-27,31,37H,12-14,16-17H2,(H2,35,40)(H,38,41). The number of nitrogens with zero attached hydrogens (tertiary/aromatic N) is 2. The van der Waals surface area contributed by atoms with Gasteiger partial charge in [0.15, 0.2) is 0 Å². The molecule has 43 heavy (non-hydrogen) atoms. The van der Waals surface area contributed by atoms with Crippen molar-refractivity contribution in [1.29, 1.82) is 0 Å². The van der Waals surface area contributed by atoms with Crippen LogP contribution in [0.5, 0.6) is 11.5 Å². The number of para-hydroxylation sites is 1. The van der Waals surface area contributed by atoms with E-state index in [-0.39, 0.29) is 18.2 Å². The van der Waals surface area contributed by atoms with Crippen LogP contribution in [0.3, 0.4) is 0 Å². The van der Waals surface area contributed by atoms with Gasteiger partial charge in [-0.05, 0) is 41.5 Å². The molecule has 4 aromatic rings. The number of imidazole rings is 1. The molecule has 2 heterocycles. The molecule has 5 rings (SSSR count). The van der Waals surface area contributed by atoms with Gasteiger partial charge in [0.05, 0.1) is 24.2 Å². The zero-order chi connectivity index (χ0) is 30.3. The predicted molar refractivity (Wildman–Crippen MR) is 156 cm³/mol. The van der Waals surface area contributed by atoms with Gasteiger partial charge in [-0.1, -0.05) is 48.0 Å². The quantitative estimate of drug-likeness (QED) is 0.215. The number of ether oxygens (including phenoxy) is 2. The lowest BCUT2D eigenvalue weighted by atomic mass is 9.96. The first-order valence-corrected chi connectivity index (χ1v) is 14.0. The maximum Gasteiger partial charge on any atom is 0.387 e. The molecular weight excluding hydrogens is 580 g/mol. The fourth-order valence-electron chi connectivity index (χ4n) is 4.97. The third-order valence-corrected chi connectivity index (χ3v) is 7.40. The van der Waals surface area contributed by atoms with Gasteiger partial charge >= 0.3 is 6.61 Å². The largest absolute Gasteiger partial charge is 0.492 e. The molecule has 1 aliphatic heterocycles. The topological polar surface area (TPSA) is 121 Å². The molecule has 9 nitrogen and oxygen atoms in total. The fourth-order valence-corrected chi connectivity index (χ4v) is 5.09. The Kier molecular flexibility index (Phi) is 9.53. The molecule has 12 heteroatoms. The number of halogens is 3. The lowest BCUT2D eigenvalue weighted by molar-refractivity contribution is -0.119. The Morgan fingerprint density at radius 3 is 2.56 bits per heavy atom. The molecule has 4 N–H and O–H groups in total. The smallest absolute Gasteiger partial charge is 0.387 e. The van der Waals surface area contributed by atoms with Crippen LogP contribution in [0.4, 0.5) is 8.78 Å². The molecule has 1 aliphatic rings. The van der Waals surface area contributed by atoms with Gasteiger partial charge in [-0.25, -0.2) is 4.98 Å². The maximum atomic E-state index is 13.3. The molecule has 2 unspecified atom stereocenters. The monoisotopic (exact) mass is 609 g/mol. The van der Waals surface area contributed by atoms with Crippen LogP contribution in [-0.2, 0) is 24.3 Å². The maximum absolute atomic E-state index is 13.3. The Hall–Kier alpha value is -4.48. The number of carbonyl (C=O) groups is 2.